The first-order chi connectivity index (χ1) is 9.20. The normalized spacial score (nSPS) is 12.4. The van der Waals surface area contributed by atoms with Gasteiger partial charge in [0.2, 0.25) is 5.91 Å². The van der Waals surface area contributed by atoms with E-state index in [1.54, 1.807) is 34.7 Å². The van der Waals surface area contributed by atoms with Crippen LogP contribution in [0, 0.1) is 0 Å². The molecular formula is C15H22N2O3. The van der Waals surface area contributed by atoms with Crippen molar-refractivity contribution in [2.24, 2.45) is 0 Å². The van der Waals surface area contributed by atoms with Gasteiger partial charge in [-0.05, 0) is 39.8 Å². The summed E-state index contributed by atoms with van der Waals surface area (Å²) in [5, 5.41) is 2.53. The summed E-state index contributed by atoms with van der Waals surface area (Å²) in [5.41, 5.74) is 0.188. The summed E-state index contributed by atoms with van der Waals surface area (Å²) in [6.07, 6.45) is -0.597. The van der Waals surface area contributed by atoms with Crippen molar-refractivity contribution in [2.75, 3.05) is 11.9 Å². The molecule has 0 aliphatic heterocycles. The van der Waals surface area contributed by atoms with Gasteiger partial charge in [-0.25, -0.2) is 4.79 Å². The van der Waals surface area contributed by atoms with Gasteiger partial charge in [0.25, 0.3) is 0 Å². The lowest BCUT2D eigenvalue weighted by molar-refractivity contribution is -0.120. The van der Waals surface area contributed by atoms with Crippen LogP contribution < -0.4 is 10.2 Å². The number of nitrogens with zero attached hydrogens (tertiary/aromatic N) is 1. The Kier molecular flexibility index (Phi) is 5.13. The van der Waals surface area contributed by atoms with Crippen LogP contribution in [0.3, 0.4) is 0 Å². The molecule has 0 fully saturated rings. The van der Waals surface area contributed by atoms with Crippen LogP contribution in [0.4, 0.5) is 10.5 Å². The van der Waals surface area contributed by atoms with Crippen molar-refractivity contribution in [1.82, 2.24) is 5.32 Å². The van der Waals surface area contributed by atoms with Gasteiger partial charge in [0.1, 0.15) is 11.6 Å². The Morgan fingerprint density at radius 2 is 1.75 bits per heavy atom. The largest absolute Gasteiger partial charge is 0.444 e. The van der Waals surface area contributed by atoms with Crippen molar-refractivity contribution in [3.63, 3.8) is 0 Å². The summed E-state index contributed by atoms with van der Waals surface area (Å²) in [5.74, 6) is -0.206. The Morgan fingerprint density at radius 1 is 1.20 bits per heavy atom. The molecule has 1 atom stereocenters. The van der Waals surface area contributed by atoms with Crippen LogP contribution in [-0.2, 0) is 9.53 Å². The Morgan fingerprint density at radius 3 is 2.25 bits per heavy atom. The molecule has 1 rings (SSSR count). The highest BCUT2D eigenvalue weighted by Gasteiger charge is 2.23. The number of hydrogen-bond acceptors (Lipinski definition) is 3. The molecule has 0 saturated carbocycles. The fourth-order valence-corrected chi connectivity index (χ4v) is 1.62. The third-order valence-electron chi connectivity index (χ3n) is 2.58. The van der Waals surface area contributed by atoms with E-state index < -0.39 is 17.7 Å². The van der Waals surface area contributed by atoms with Gasteiger partial charge in [0.15, 0.2) is 0 Å². The minimum Gasteiger partial charge on any atom is -0.444 e. The fourth-order valence-electron chi connectivity index (χ4n) is 1.62. The number of anilines is 1. The molecule has 1 aromatic rings. The maximum Gasteiger partial charge on any atom is 0.408 e. The van der Waals surface area contributed by atoms with Gasteiger partial charge in [-0.3, -0.25) is 4.79 Å². The number of benzene rings is 1. The highest BCUT2D eigenvalue weighted by Crippen LogP contribution is 2.12. The van der Waals surface area contributed by atoms with Crippen LogP contribution in [0.15, 0.2) is 30.3 Å². The predicted molar refractivity (Wildman–Crippen MR) is 78.7 cm³/mol. The Labute approximate surface area is 119 Å². The number of ether oxygens (including phenoxy) is 1. The van der Waals surface area contributed by atoms with E-state index >= 15 is 0 Å². The van der Waals surface area contributed by atoms with E-state index in [2.05, 4.69) is 5.32 Å². The molecule has 0 aliphatic carbocycles. The van der Waals surface area contributed by atoms with Crippen LogP contribution in [0.2, 0.25) is 0 Å². The molecule has 0 bridgehead atoms. The zero-order chi connectivity index (χ0) is 15.3. The number of likely N-dealkylation sites (N-methyl/N-ethyl adjacent to an activating group) is 1. The van der Waals surface area contributed by atoms with Crippen LogP contribution in [0.25, 0.3) is 0 Å². The Bertz CT molecular complexity index is 466. The lowest BCUT2D eigenvalue weighted by atomic mass is 10.2. The lowest BCUT2D eigenvalue weighted by Crippen LogP contribution is -2.47. The SMILES string of the molecule is CC(NC(=O)OC(C)(C)C)C(=O)N(C)c1ccccc1. The molecular weight excluding hydrogens is 256 g/mol. The molecule has 2 amide bonds. The fraction of sp³-hybridized carbons (Fsp3) is 0.467. The van der Waals surface area contributed by atoms with E-state index in [4.69, 9.17) is 4.74 Å². The summed E-state index contributed by atoms with van der Waals surface area (Å²) < 4.78 is 5.12. The number of nitrogens with one attached hydrogen (secondary N) is 1. The molecule has 0 aliphatic rings. The summed E-state index contributed by atoms with van der Waals surface area (Å²) in [7, 11) is 1.67. The second-order valence-electron chi connectivity index (χ2n) is 5.60. The molecule has 0 heterocycles. The van der Waals surface area contributed by atoms with Gasteiger partial charge in [-0.15, -0.1) is 0 Å². The number of amides is 2. The number of carbonyl (C=O) groups is 2. The molecule has 0 spiro atoms. The second-order valence-corrected chi connectivity index (χ2v) is 5.60. The van der Waals surface area contributed by atoms with Crippen LogP contribution >= 0.6 is 0 Å². The number of para-hydroxylation sites is 1. The van der Waals surface area contributed by atoms with Crippen molar-refractivity contribution in [3.8, 4) is 0 Å². The predicted octanol–water partition coefficient (Wildman–Crippen LogP) is 2.56. The monoisotopic (exact) mass is 278 g/mol. The number of carbonyl (C=O) groups excluding carboxylic acids is 2. The summed E-state index contributed by atoms with van der Waals surface area (Å²) in [4.78, 5) is 25.3. The molecule has 1 N–H and O–H groups in total. The number of hydrogen-bond donors (Lipinski definition) is 1. The second kappa shape index (κ2) is 6.41. The van der Waals surface area contributed by atoms with Crippen molar-refractivity contribution in [2.45, 2.75) is 39.3 Å². The van der Waals surface area contributed by atoms with E-state index in [0.717, 1.165) is 5.69 Å². The van der Waals surface area contributed by atoms with E-state index in [0.29, 0.717) is 0 Å². The maximum absolute atomic E-state index is 12.2. The van der Waals surface area contributed by atoms with E-state index in [1.807, 2.05) is 30.3 Å². The van der Waals surface area contributed by atoms with Crippen LogP contribution in [0.5, 0.6) is 0 Å². The van der Waals surface area contributed by atoms with Crippen LogP contribution in [0.1, 0.15) is 27.7 Å². The van der Waals surface area contributed by atoms with Crippen LogP contribution in [-0.4, -0.2) is 30.7 Å². The topological polar surface area (TPSA) is 58.6 Å². The minimum absolute atomic E-state index is 0.206. The quantitative estimate of drug-likeness (QED) is 0.924. The standard InChI is InChI=1S/C15H22N2O3/c1-11(16-14(19)20-15(2,3)4)13(18)17(5)12-9-7-6-8-10-12/h6-11H,1-5H3,(H,16,19). The molecule has 20 heavy (non-hydrogen) atoms. The van der Waals surface area contributed by atoms with Crippen molar-refractivity contribution >= 4 is 17.7 Å². The molecule has 110 valence electrons. The molecule has 1 aromatic carbocycles. The van der Waals surface area contributed by atoms with Crippen molar-refractivity contribution < 1.29 is 14.3 Å². The van der Waals surface area contributed by atoms with Gasteiger partial charge in [-0.2, -0.15) is 0 Å². The number of alkyl carbamates (subject to hydrolysis) is 1. The maximum atomic E-state index is 12.2. The van der Waals surface area contributed by atoms with Gasteiger partial charge in [0.05, 0.1) is 0 Å². The molecule has 0 aromatic heterocycles. The lowest BCUT2D eigenvalue weighted by Gasteiger charge is -2.24. The summed E-state index contributed by atoms with van der Waals surface area (Å²) in [6, 6.07) is 8.59. The van der Waals surface area contributed by atoms with Crippen molar-refractivity contribution in [3.05, 3.63) is 30.3 Å². The number of rotatable bonds is 3. The first kappa shape index (κ1) is 16.0. The summed E-state index contributed by atoms with van der Waals surface area (Å²) in [6.45, 7) is 6.95. The highest BCUT2D eigenvalue weighted by molar-refractivity contribution is 5.97. The third kappa shape index (κ3) is 4.91. The molecule has 0 saturated heterocycles. The van der Waals surface area contributed by atoms with Crippen molar-refractivity contribution in [1.29, 1.82) is 0 Å². The first-order valence-corrected chi connectivity index (χ1v) is 6.53. The Balaban J connectivity index is 2.61. The van der Waals surface area contributed by atoms with E-state index in [-0.39, 0.29) is 5.91 Å². The third-order valence-corrected chi connectivity index (χ3v) is 2.58. The van der Waals surface area contributed by atoms with Gasteiger partial charge >= 0.3 is 6.09 Å². The Hall–Kier alpha value is -2.04. The zero-order valence-electron chi connectivity index (χ0n) is 12.6. The molecule has 0 radical (unpaired) electrons. The first-order valence-electron chi connectivity index (χ1n) is 6.53. The van der Waals surface area contributed by atoms with E-state index in [9.17, 15) is 9.59 Å². The molecule has 5 nitrogen and oxygen atoms in total. The smallest absolute Gasteiger partial charge is 0.408 e. The van der Waals surface area contributed by atoms with Gasteiger partial charge in [-0.1, -0.05) is 18.2 Å². The average Bonchev–Trinajstić information content (AvgIpc) is 2.35. The highest BCUT2D eigenvalue weighted by atomic mass is 16.6. The zero-order valence-corrected chi connectivity index (χ0v) is 12.6. The van der Waals surface area contributed by atoms with Gasteiger partial charge in [0, 0.05) is 12.7 Å². The van der Waals surface area contributed by atoms with E-state index in [1.165, 1.54) is 4.90 Å². The molecule has 5 heteroatoms. The average molecular weight is 278 g/mol. The summed E-state index contributed by atoms with van der Waals surface area (Å²) >= 11 is 0. The minimum atomic E-state index is -0.657. The molecule has 1 unspecified atom stereocenters. The van der Waals surface area contributed by atoms with Gasteiger partial charge < -0.3 is 15.0 Å².